The van der Waals surface area contributed by atoms with Crippen molar-refractivity contribution in [2.45, 2.75) is 46.0 Å². The summed E-state index contributed by atoms with van der Waals surface area (Å²) in [7, 11) is 4.35. The normalized spacial score (nSPS) is 18.8. The zero-order valence-electron chi connectivity index (χ0n) is 9.27. The van der Waals surface area contributed by atoms with E-state index in [1.54, 1.807) is 0 Å². The lowest BCUT2D eigenvalue weighted by molar-refractivity contribution is 0.264. The molecule has 1 aliphatic carbocycles. The monoisotopic (exact) mass is 171 g/mol. The molecule has 0 atom stereocenters. The molecule has 1 fully saturated rings. The first-order chi connectivity index (χ1) is 5.79. The van der Waals surface area contributed by atoms with Gasteiger partial charge in [-0.3, -0.25) is 0 Å². The highest BCUT2D eigenvalue weighted by Crippen LogP contribution is 2.23. The van der Waals surface area contributed by atoms with E-state index in [2.05, 4.69) is 19.0 Å². The van der Waals surface area contributed by atoms with Crippen LogP contribution < -0.4 is 0 Å². The van der Waals surface area contributed by atoms with E-state index in [0.717, 1.165) is 5.92 Å². The van der Waals surface area contributed by atoms with Crippen LogP contribution in [0.3, 0.4) is 0 Å². The molecule has 0 amide bonds. The van der Waals surface area contributed by atoms with Crippen molar-refractivity contribution < 1.29 is 0 Å². The van der Waals surface area contributed by atoms with Gasteiger partial charge < -0.3 is 4.90 Å². The largest absolute Gasteiger partial charge is 0.309 e. The summed E-state index contributed by atoms with van der Waals surface area (Å²) in [5, 5.41) is 0. The molecule has 0 spiro atoms. The second kappa shape index (κ2) is 7.60. The fraction of sp³-hybridized carbons (Fsp3) is 1.00. The van der Waals surface area contributed by atoms with Crippen molar-refractivity contribution in [3.05, 3.63) is 0 Å². The van der Waals surface area contributed by atoms with Crippen LogP contribution in [-0.2, 0) is 0 Å². The highest BCUT2D eigenvalue weighted by Gasteiger charge is 2.13. The van der Waals surface area contributed by atoms with E-state index in [4.69, 9.17) is 0 Å². The predicted molar refractivity (Wildman–Crippen MR) is 56.5 cm³/mol. The summed E-state index contributed by atoms with van der Waals surface area (Å²) in [6.07, 6.45) is 7.36. The molecule has 12 heavy (non-hydrogen) atoms. The standard InChI is InChI=1S/C9H19N.C2H6/c1-10(2)8-9-6-4-3-5-7-9;1-2/h9H,3-8H2,1-2H3;1-2H3. The first-order valence-electron chi connectivity index (χ1n) is 5.44. The van der Waals surface area contributed by atoms with E-state index in [9.17, 15) is 0 Å². The first kappa shape index (κ1) is 12.0. The minimum Gasteiger partial charge on any atom is -0.309 e. The predicted octanol–water partition coefficient (Wildman–Crippen LogP) is 3.15. The third-order valence-electron chi connectivity index (χ3n) is 2.35. The van der Waals surface area contributed by atoms with Crippen LogP contribution in [-0.4, -0.2) is 25.5 Å². The van der Waals surface area contributed by atoms with Gasteiger partial charge in [-0.2, -0.15) is 0 Å². The highest BCUT2D eigenvalue weighted by atomic mass is 15.1. The molecule has 1 nitrogen and oxygen atoms in total. The highest BCUT2D eigenvalue weighted by molar-refractivity contribution is 4.67. The lowest BCUT2D eigenvalue weighted by atomic mass is 9.89. The van der Waals surface area contributed by atoms with Crippen molar-refractivity contribution in [1.29, 1.82) is 0 Å². The maximum Gasteiger partial charge on any atom is 0.000356 e. The summed E-state index contributed by atoms with van der Waals surface area (Å²) in [5.74, 6) is 1.00. The Morgan fingerprint density at radius 3 is 1.92 bits per heavy atom. The van der Waals surface area contributed by atoms with Crippen LogP contribution >= 0.6 is 0 Å². The zero-order valence-corrected chi connectivity index (χ0v) is 9.27. The fourth-order valence-electron chi connectivity index (χ4n) is 1.89. The minimum absolute atomic E-state index is 1.00. The molecule has 0 aromatic heterocycles. The smallest absolute Gasteiger partial charge is 0.000356 e. The number of rotatable bonds is 2. The van der Waals surface area contributed by atoms with E-state index < -0.39 is 0 Å². The second-order valence-corrected chi connectivity index (χ2v) is 3.77. The van der Waals surface area contributed by atoms with Crippen molar-refractivity contribution in [3.63, 3.8) is 0 Å². The summed E-state index contributed by atoms with van der Waals surface area (Å²) in [6, 6.07) is 0. The topological polar surface area (TPSA) is 3.24 Å². The summed E-state index contributed by atoms with van der Waals surface area (Å²) < 4.78 is 0. The van der Waals surface area contributed by atoms with E-state index in [-0.39, 0.29) is 0 Å². The molecule has 1 aliphatic rings. The van der Waals surface area contributed by atoms with Gasteiger partial charge in [-0.15, -0.1) is 0 Å². The van der Waals surface area contributed by atoms with Gasteiger partial charge in [0, 0.05) is 6.54 Å². The second-order valence-electron chi connectivity index (χ2n) is 3.77. The van der Waals surface area contributed by atoms with E-state index in [0.29, 0.717) is 0 Å². The van der Waals surface area contributed by atoms with Gasteiger partial charge in [-0.05, 0) is 32.9 Å². The maximum atomic E-state index is 2.32. The van der Waals surface area contributed by atoms with Gasteiger partial charge in [-0.25, -0.2) is 0 Å². The van der Waals surface area contributed by atoms with E-state index in [1.807, 2.05) is 13.8 Å². The average molecular weight is 171 g/mol. The first-order valence-corrected chi connectivity index (χ1v) is 5.44. The van der Waals surface area contributed by atoms with Gasteiger partial charge >= 0.3 is 0 Å². The molecule has 0 heterocycles. The molecule has 0 saturated heterocycles. The van der Waals surface area contributed by atoms with Crippen molar-refractivity contribution in [1.82, 2.24) is 4.90 Å². The van der Waals surface area contributed by atoms with E-state index >= 15 is 0 Å². The summed E-state index contributed by atoms with van der Waals surface area (Å²) in [5.41, 5.74) is 0. The third kappa shape index (κ3) is 5.59. The van der Waals surface area contributed by atoms with Gasteiger partial charge in [-0.1, -0.05) is 33.1 Å². The van der Waals surface area contributed by atoms with Crippen LogP contribution in [0.2, 0.25) is 0 Å². The van der Waals surface area contributed by atoms with Crippen LogP contribution in [0.1, 0.15) is 46.0 Å². The minimum atomic E-state index is 1.00. The van der Waals surface area contributed by atoms with Crippen molar-refractivity contribution in [2.24, 2.45) is 5.92 Å². The van der Waals surface area contributed by atoms with Gasteiger partial charge in [0.25, 0.3) is 0 Å². The molecule has 0 radical (unpaired) electrons. The van der Waals surface area contributed by atoms with E-state index in [1.165, 1.54) is 38.6 Å². The lowest BCUT2D eigenvalue weighted by Crippen LogP contribution is -2.23. The van der Waals surface area contributed by atoms with Crippen LogP contribution in [0.4, 0.5) is 0 Å². The third-order valence-corrected chi connectivity index (χ3v) is 2.35. The van der Waals surface area contributed by atoms with Crippen molar-refractivity contribution in [2.75, 3.05) is 20.6 Å². The molecule has 1 heteroatoms. The SMILES string of the molecule is CC.CN(C)CC1CCCCC1. The summed E-state index contributed by atoms with van der Waals surface area (Å²) in [4.78, 5) is 2.32. The Kier molecular flexibility index (Phi) is 7.58. The molecule has 0 aromatic carbocycles. The Bertz CT molecular complexity index is 83.0. The van der Waals surface area contributed by atoms with Crippen LogP contribution in [0, 0.1) is 5.92 Å². The molecule has 1 rings (SSSR count). The molecule has 0 bridgehead atoms. The fourth-order valence-corrected chi connectivity index (χ4v) is 1.89. The Balaban J connectivity index is 0.000000561. The number of nitrogens with zero attached hydrogens (tertiary/aromatic N) is 1. The summed E-state index contributed by atoms with van der Waals surface area (Å²) in [6.45, 7) is 5.31. The number of hydrogen-bond acceptors (Lipinski definition) is 1. The maximum absolute atomic E-state index is 2.32. The Morgan fingerprint density at radius 2 is 1.50 bits per heavy atom. The van der Waals surface area contributed by atoms with Crippen molar-refractivity contribution >= 4 is 0 Å². The van der Waals surface area contributed by atoms with Crippen LogP contribution in [0.25, 0.3) is 0 Å². The Labute approximate surface area is 78.1 Å². The lowest BCUT2D eigenvalue weighted by Gasteiger charge is -2.24. The van der Waals surface area contributed by atoms with Gasteiger partial charge in [0.15, 0.2) is 0 Å². The molecular weight excluding hydrogens is 146 g/mol. The molecule has 0 aliphatic heterocycles. The Hall–Kier alpha value is -0.0400. The van der Waals surface area contributed by atoms with Gasteiger partial charge in [0.1, 0.15) is 0 Å². The zero-order chi connectivity index (χ0) is 9.40. The summed E-state index contributed by atoms with van der Waals surface area (Å²) >= 11 is 0. The number of hydrogen-bond donors (Lipinski definition) is 0. The molecule has 0 N–H and O–H groups in total. The Morgan fingerprint density at radius 1 is 1.00 bits per heavy atom. The van der Waals surface area contributed by atoms with Crippen LogP contribution in [0.15, 0.2) is 0 Å². The quantitative estimate of drug-likeness (QED) is 0.617. The average Bonchev–Trinajstić information content (AvgIpc) is 2.08. The molecular formula is C11H25N. The molecule has 1 saturated carbocycles. The molecule has 74 valence electrons. The van der Waals surface area contributed by atoms with Crippen molar-refractivity contribution in [3.8, 4) is 0 Å². The van der Waals surface area contributed by atoms with Gasteiger partial charge in [0.05, 0.1) is 0 Å². The van der Waals surface area contributed by atoms with Crippen LogP contribution in [0.5, 0.6) is 0 Å². The molecule has 0 aromatic rings. The van der Waals surface area contributed by atoms with Gasteiger partial charge in [0.2, 0.25) is 0 Å². The molecule has 0 unspecified atom stereocenters.